The second-order valence-electron chi connectivity index (χ2n) is 6.31. The van der Waals surface area contributed by atoms with Gasteiger partial charge in [0.1, 0.15) is 0 Å². The van der Waals surface area contributed by atoms with E-state index in [0.29, 0.717) is 18.2 Å². The van der Waals surface area contributed by atoms with Crippen molar-refractivity contribution in [3.63, 3.8) is 0 Å². The molecule has 0 radical (unpaired) electrons. The van der Waals surface area contributed by atoms with Crippen LogP contribution in [-0.4, -0.2) is 35.6 Å². The minimum absolute atomic E-state index is 0.335. The van der Waals surface area contributed by atoms with Gasteiger partial charge in [0.05, 0.1) is 17.8 Å². The summed E-state index contributed by atoms with van der Waals surface area (Å²) in [6.45, 7) is 5.32. The Labute approximate surface area is 129 Å². The maximum atomic E-state index is 5.35. The van der Waals surface area contributed by atoms with Crippen LogP contribution in [0.15, 0.2) is 12.3 Å². The van der Waals surface area contributed by atoms with E-state index in [4.69, 9.17) is 9.84 Å². The van der Waals surface area contributed by atoms with E-state index in [9.17, 15) is 0 Å². The SMILES string of the molecule is CCNC(CCC(C)OC)Cc1ccn(C2CCCC2)n1. The predicted molar refractivity (Wildman–Crippen MR) is 86.6 cm³/mol. The molecule has 1 fully saturated rings. The van der Waals surface area contributed by atoms with E-state index in [1.54, 1.807) is 7.11 Å². The molecule has 1 aromatic heterocycles. The zero-order chi connectivity index (χ0) is 15.1. The maximum absolute atomic E-state index is 5.35. The van der Waals surface area contributed by atoms with Crippen molar-refractivity contribution in [1.82, 2.24) is 15.1 Å². The molecule has 0 spiro atoms. The first-order valence-corrected chi connectivity index (χ1v) is 8.53. The molecule has 120 valence electrons. The van der Waals surface area contributed by atoms with E-state index in [2.05, 4.69) is 36.1 Å². The Morgan fingerprint density at radius 2 is 2.14 bits per heavy atom. The van der Waals surface area contributed by atoms with Gasteiger partial charge in [0, 0.05) is 25.8 Å². The van der Waals surface area contributed by atoms with E-state index in [0.717, 1.165) is 25.8 Å². The number of likely N-dealkylation sites (N-methyl/N-ethyl adjacent to an activating group) is 1. The Balaban J connectivity index is 1.86. The molecule has 2 atom stereocenters. The highest BCUT2D eigenvalue weighted by Gasteiger charge is 2.18. The molecule has 0 amide bonds. The van der Waals surface area contributed by atoms with Gasteiger partial charge in [0.15, 0.2) is 0 Å². The van der Waals surface area contributed by atoms with Crippen LogP contribution in [0.5, 0.6) is 0 Å². The van der Waals surface area contributed by atoms with Crippen LogP contribution >= 0.6 is 0 Å². The summed E-state index contributed by atoms with van der Waals surface area (Å²) < 4.78 is 7.55. The Morgan fingerprint density at radius 3 is 2.81 bits per heavy atom. The molecular formula is C17H31N3O. The molecule has 1 aromatic rings. The van der Waals surface area contributed by atoms with Gasteiger partial charge in [-0.25, -0.2) is 0 Å². The van der Waals surface area contributed by atoms with Crippen LogP contribution in [0, 0.1) is 0 Å². The van der Waals surface area contributed by atoms with E-state index >= 15 is 0 Å². The summed E-state index contributed by atoms with van der Waals surface area (Å²) in [4.78, 5) is 0. The Hall–Kier alpha value is -0.870. The maximum Gasteiger partial charge on any atom is 0.0640 e. The number of methoxy groups -OCH3 is 1. The molecule has 0 aliphatic heterocycles. The van der Waals surface area contributed by atoms with E-state index < -0.39 is 0 Å². The van der Waals surface area contributed by atoms with Crippen molar-refractivity contribution in [1.29, 1.82) is 0 Å². The summed E-state index contributed by atoms with van der Waals surface area (Å²) in [5.41, 5.74) is 1.22. The van der Waals surface area contributed by atoms with Gasteiger partial charge in [-0.2, -0.15) is 5.10 Å². The lowest BCUT2D eigenvalue weighted by Crippen LogP contribution is -2.32. The summed E-state index contributed by atoms with van der Waals surface area (Å²) in [6.07, 6.45) is 11.1. The van der Waals surface area contributed by atoms with Crippen molar-refractivity contribution in [2.45, 2.75) is 77.0 Å². The summed E-state index contributed by atoms with van der Waals surface area (Å²) >= 11 is 0. The second kappa shape index (κ2) is 8.54. The fourth-order valence-corrected chi connectivity index (χ4v) is 3.23. The Morgan fingerprint density at radius 1 is 1.38 bits per heavy atom. The minimum atomic E-state index is 0.335. The van der Waals surface area contributed by atoms with Crippen LogP contribution in [0.25, 0.3) is 0 Å². The van der Waals surface area contributed by atoms with Crippen LogP contribution in [0.3, 0.4) is 0 Å². The zero-order valence-electron chi connectivity index (χ0n) is 13.8. The van der Waals surface area contributed by atoms with E-state index in [-0.39, 0.29) is 0 Å². The van der Waals surface area contributed by atoms with Gasteiger partial charge in [-0.3, -0.25) is 4.68 Å². The molecule has 1 aliphatic rings. The first kappa shape index (κ1) is 16.5. The monoisotopic (exact) mass is 293 g/mol. The average Bonchev–Trinajstić information content (AvgIpc) is 3.15. The molecule has 21 heavy (non-hydrogen) atoms. The van der Waals surface area contributed by atoms with Gasteiger partial charge in [-0.15, -0.1) is 0 Å². The number of hydrogen-bond donors (Lipinski definition) is 1. The lowest BCUT2D eigenvalue weighted by atomic mass is 10.0. The predicted octanol–water partition coefficient (Wildman–Crippen LogP) is 3.33. The molecule has 1 aliphatic carbocycles. The fourth-order valence-electron chi connectivity index (χ4n) is 3.23. The van der Waals surface area contributed by atoms with Gasteiger partial charge in [-0.05, 0) is 45.2 Å². The van der Waals surface area contributed by atoms with Crippen molar-refractivity contribution in [2.24, 2.45) is 0 Å². The summed E-state index contributed by atoms with van der Waals surface area (Å²) in [5, 5.41) is 8.39. The third-order valence-electron chi connectivity index (χ3n) is 4.63. The molecule has 2 unspecified atom stereocenters. The lowest BCUT2D eigenvalue weighted by Gasteiger charge is -2.19. The molecule has 1 heterocycles. The number of hydrogen-bond acceptors (Lipinski definition) is 3. The number of aromatic nitrogens is 2. The number of nitrogens with zero attached hydrogens (tertiary/aromatic N) is 2. The van der Waals surface area contributed by atoms with Crippen LogP contribution in [0.2, 0.25) is 0 Å². The van der Waals surface area contributed by atoms with Crippen LogP contribution in [0.1, 0.15) is 64.1 Å². The third-order valence-corrected chi connectivity index (χ3v) is 4.63. The number of nitrogens with one attached hydrogen (secondary N) is 1. The van der Waals surface area contributed by atoms with Gasteiger partial charge >= 0.3 is 0 Å². The Kier molecular flexibility index (Phi) is 6.71. The van der Waals surface area contributed by atoms with Crippen LogP contribution < -0.4 is 5.32 Å². The summed E-state index contributed by atoms with van der Waals surface area (Å²) in [6, 6.07) is 3.34. The highest BCUT2D eigenvalue weighted by atomic mass is 16.5. The molecule has 0 saturated heterocycles. The topological polar surface area (TPSA) is 39.1 Å². The summed E-state index contributed by atoms with van der Waals surface area (Å²) in [5.74, 6) is 0. The fraction of sp³-hybridized carbons (Fsp3) is 0.824. The average molecular weight is 293 g/mol. The smallest absolute Gasteiger partial charge is 0.0640 e. The molecule has 1 saturated carbocycles. The highest BCUT2D eigenvalue weighted by molar-refractivity contribution is 5.02. The van der Waals surface area contributed by atoms with Crippen molar-refractivity contribution < 1.29 is 4.74 Å². The molecule has 2 rings (SSSR count). The third kappa shape index (κ3) is 5.11. The molecular weight excluding hydrogens is 262 g/mol. The first-order valence-electron chi connectivity index (χ1n) is 8.53. The zero-order valence-corrected chi connectivity index (χ0v) is 13.8. The largest absolute Gasteiger partial charge is 0.382 e. The first-order chi connectivity index (χ1) is 10.2. The van der Waals surface area contributed by atoms with Crippen molar-refractivity contribution in [3.8, 4) is 0 Å². The van der Waals surface area contributed by atoms with Gasteiger partial charge in [-0.1, -0.05) is 19.8 Å². The van der Waals surface area contributed by atoms with Gasteiger partial charge < -0.3 is 10.1 Å². The minimum Gasteiger partial charge on any atom is -0.382 e. The molecule has 4 heteroatoms. The van der Waals surface area contributed by atoms with Gasteiger partial charge in [0.2, 0.25) is 0 Å². The van der Waals surface area contributed by atoms with Crippen LogP contribution in [0.4, 0.5) is 0 Å². The number of ether oxygens (including phenoxy) is 1. The van der Waals surface area contributed by atoms with Crippen LogP contribution in [-0.2, 0) is 11.2 Å². The molecule has 0 aromatic carbocycles. The molecule has 0 bridgehead atoms. The standard InChI is InChI=1S/C17H31N3O/c1-4-18-15(10-9-14(2)21-3)13-16-11-12-20(19-16)17-7-5-6-8-17/h11-12,14-15,17-18H,4-10,13H2,1-3H3. The van der Waals surface area contributed by atoms with Crippen molar-refractivity contribution in [3.05, 3.63) is 18.0 Å². The summed E-state index contributed by atoms with van der Waals surface area (Å²) in [7, 11) is 1.79. The molecule has 1 N–H and O–H groups in total. The van der Waals surface area contributed by atoms with E-state index in [1.807, 2.05) is 0 Å². The van der Waals surface area contributed by atoms with Crippen molar-refractivity contribution in [2.75, 3.05) is 13.7 Å². The second-order valence-corrected chi connectivity index (χ2v) is 6.31. The highest BCUT2D eigenvalue weighted by Crippen LogP contribution is 2.28. The normalized spacial score (nSPS) is 19.0. The quantitative estimate of drug-likeness (QED) is 0.759. The molecule has 4 nitrogen and oxygen atoms in total. The van der Waals surface area contributed by atoms with Crippen molar-refractivity contribution >= 4 is 0 Å². The van der Waals surface area contributed by atoms with E-state index in [1.165, 1.54) is 31.4 Å². The lowest BCUT2D eigenvalue weighted by molar-refractivity contribution is 0.106. The number of rotatable bonds is 9. The Bertz CT molecular complexity index is 398. The van der Waals surface area contributed by atoms with Gasteiger partial charge in [0.25, 0.3) is 0 Å².